The van der Waals surface area contributed by atoms with Crippen LogP contribution in [0, 0.1) is 0 Å². The van der Waals surface area contributed by atoms with E-state index in [1.165, 1.54) is 12.0 Å². The van der Waals surface area contributed by atoms with Gasteiger partial charge in [0.2, 0.25) is 0 Å². The molecule has 0 saturated carbocycles. The number of aromatic amines is 1. The standard InChI is InChI=1S/C22H18Cl2N4O3/c1-10(2)18-17-19(27-26-18)20(29)28(15-9-12(24)5-7-16(15)31-3)22(17)13-6-4-11(23)8-14(13)25-21(22)30/h4-10H,1-3H3,(H,25,30)(H,26,27). The maximum atomic E-state index is 13.8. The number of rotatable bonds is 3. The number of hydrogen-bond donors (Lipinski definition) is 2. The van der Waals surface area contributed by atoms with Crippen molar-refractivity contribution in [1.29, 1.82) is 0 Å². The number of carbonyl (C=O) groups is 2. The minimum atomic E-state index is -1.48. The average molecular weight is 457 g/mol. The third-order valence-electron chi connectivity index (χ3n) is 5.80. The van der Waals surface area contributed by atoms with Crippen LogP contribution >= 0.6 is 23.2 Å². The monoisotopic (exact) mass is 456 g/mol. The van der Waals surface area contributed by atoms with Crippen LogP contribution in [0.5, 0.6) is 5.75 Å². The van der Waals surface area contributed by atoms with Gasteiger partial charge < -0.3 is 10.1 Å². The molecule has 5 rings (SSSR count). The molecule has 0 saturated heterocycles. The van der Waals surface area contributed by atoms with E-state index in [0.29, 0.717) is 44.0 Å². The number of benzene rings is 2. The van der Waals surface area contributed by atoms with Crippen LogP contribution in [-0.4, -0.2) is 29.1 Å². The summed E-state index contributed by atoms with van der Waals surface area (Å²) in [6.45, 7) is 3.95. The summed E-state index contributed by atoms with van der Waals surface area (Å²) in [6, 6.07) is 10.1. The fourth-order valence-electron chi connectivity index (χ4n) is 4.53. The number of aromatic nitrogens is 2. The Morgan fingerprint density at radius 3 is 2.52 bits per heavy atom. The lowest BCUT2D eigenvalue weighted by atomic mass is 9.82. The van der Waals surface area contributed by atoms with Gasteiger partial charge in [0.05, 0.1) is 12.8 Å². The van der Waals surface area contributed by atoms with Crippen molar-refractivity contribution < 1.29 is 14.3 Å². The normalized spacial score (nSPS) is 19.2. The maximum absolute atomic E-state index is 13.8. The van der Waals surface area contributed by atoms with E-state index >= 15 is 0 Å². The Hall–Kier alpha value is -3.03. The first kappa shape index (κ1) is 19.9. The molecule has 31 heavy (non-hydrogen) atoms. The Morgan fingerprint density at radius 1 is 1.10 bits per heavy atom. The Kier molecular flexibility index (Phi) is 4.32. The second-order valence-electron chi connectivity index (χ2n) is 7.83. The Labute approximate surface area is 188 Å². The van der Waals surface area contributed by atoms with Crippen molar-refractivity contribution in [2.75, 3.05) is 17.3 Å². The topological polar surface area (TPSA) is 87.3 Å². The summed E-state index contributed by atoms with van der Waals surface area (Å²) >= 11 is 12.5. The van der Waals surface area contributed by atoms with E-state index in [9.17, 15) is 9.59 Å². The SMILES string of the molecule is COc1ccc(Cl)cc1N1C(=O)c2n[nH]c(C(C)C)c2C12C(=O)Nc1cc(Cl)ccc12. The summed E-state index contributed by atoms with van der Waals surface area (Å²) in [7, 11) is 1.50. The molecule has 1 spiro atoms. The van der Waals surface area contributed by atoms with Crippen LogP contribution in [0.4, 0.5) is 11.4 Å². The van der Waals surface area contributed by atoms with E-state index in [0.717, 1.165) is 0 Å². The van der Waals surface area contributed by atoms with Crippen molar-refractivity contribution in [2.24, 2.45) is 0 Å². The zero-order valence-corrected chi connectivity index (χ0v) is 18.4. The molecule has 2 aliphatic heterocycles. The third-order valence-corrected chi connectivity index (χ3v) is 6.27. The van der Waals surface area contributed by atoms with Gasteiger partial charge in [0, 0.05) is 32.6 Å². The van der Waals surface area contributed by atoms with Gasteiger partial charge in [-0.25, -0.2) is 0 Å². The molecular weight excluding hydrogens is 439 g/mol. The molecule has 2 N–H and O–H groups in total. The van der Waals surface area contributed by atoms with E-state index in [2.05, 4.69) is 15.5 Å². The predicted molar refractivity (Wildman–Crippen MR) is 118 cm³/mol. The molecule has 1 aromatic heterocycles. The zero-order valence-electron chi connectivity index (χ0n) is 16.9. The minimum Gasteiger partial charge on any atom is -0.495 e. The number of halogens is 2. The number of fused-ring (bicyclic) bond motifs is 4. The molecule has 9 heteroatoms. The number of H-pyrrole nitrogens is 1. The van der Waals surface area contributed by atoms with Gasteiger partial charge in [0.25, 0.3) is 11.8 Å². The Morgan fingerprint density at radius 2 is 1.81 bits per heavy atom. The van der Waals surface area contributed by atoms with Crippen molar-refractivity contribution in [3.8, 4) is 5.75 Å². The van der Waals surface area contributed by atoms with Crippen molar-refractivity contribution in [3.63, 3.8) is 0 Å². The van der Waals surface area contributed by atoms with E-state index in [1.54, 1.807) is 36.4 Å². The van der Waals surface area contributed by atoms with E-state index in [-0.39, 0.29) is 17.5 Å². The summed E-state index contributed by atoms with van der Waals surface area (Å²) in [5.74, 6) is -0.391. The molecule has 0 bridgehead atoms. The number of carbonyl (C=O) groups excluding carboxylic acids is 2. The van der Waals surface area contributed by atoms with E-state index in [4.69, 9.17) is 27.9 Å². The lowest BCUT2D eigenvalue weighted by molar-refractivity contribution is -0.119. The molecule has 3 aromatic rings. The molecule has 0 fully saturated rings. The lowest BCUT2D eigenvalue weighted by Crippen LogP contribution is -2.50. The van der Waals surface area contributed by atoms with Crippen molar-refractivity contribution in [1.82, 2.24) is 10.2 Å². The molecule has 158 valence electrons. The molecule has 2 aliphatic rings. The van der Waals surface area contributed by atoms with Gasteiger partial charge in [-0.15, -0.1) is 0 Å². The molecule has 0 radical (unpaired) electrons. The van der Waals surface area contributed by atoms with Gasteiger partial charge in [-0.05, 0) is 36.2 Å². The highest BCUT2D eigenvalue weighted by atomic mass is 35.5. The van der Waals surface area contributed by atoms with Gasteiger partial charge in [0.1, 0.15) is 5.75 Å². The number of hydrogen-bond acceptors (Lipinski definition) is 4. The third kappa shape index (κ3) is 2.50. The number of nitrogens with zero attached hydrogens (tertiary/aromatic N) is 2. The molecule has 3 heterocycles. The summed E-state index contributed by atoms with van der Waals surface area (Å²) < 4.78 is 5.53. The van der Waals surface area contributed by atoms with Crippen molar-refractivity contribution in [2.45, 2.75) is 25.3 Å². The summed E-state index contributed by atoms with van der Waals surface area (Å²) in [5, 5.41) is 11.1. The van der Waals surface area contributed by atoms with Crippen LogP contribution in [0.15, 0.2) is 36.4 Å². The van der Waals surface area contributed by atoms with Crippen LogP contribution in [0.25, 0.3) is 0 Å². The number of ether oxygens (including phenoxy) is 1. The smallest absolute Gasteiger partial charge is 0.280 e. The second-order valence-corrected chi connectivity index (χ2v) is 8.70. The highest BCUT2D eigenvalue weighted by Gasteiger charge is 2.63. The molecule has 1 unspecified atom stereocenters. The fraction of sp³-hybridized carbons (Fsp3) is 0.227. The predicted octanol–water partition coefficient (Wildman–Crippen LogP) is 4.70. The van der Waals surface area contributed by atoms with Gasteiger partial charge in [-0.3, -0.25) is 19.6 Å². The molecular formula is C22H18Cl2N4O3. The largest absolute Gasteiger partial charge is 0.495 e. The van der Waals surface area contributed by atoms with E-state index in [1.807, 2.05) is 13.8 Å². The quantitative estimate of drug-likeness (QED) is 0.597. The summed E-state index contributed by atoms with van der Waals surface area (Å²) in [4.78, 5) is 28.9. The number of anilines is 2. The van der Waals surface area contributed by atoms with Crippen LogP contribution < -0.4 is 15.0 Å². The first-order valence-corrected chi connectivity index (χ1v) is 10.4. The van der Waals surface area contributed by atoms with Gasteiger partial charge >= 0.3 is 0 Å². The van der Waals surface area contributed by atoms with Crippen LogP contribution in [-0.2, 0) is 10.3 Å². The van der Waals surface area contributed by atoms with Gasteiger partial charge in [0.15, 0.2) is 11.2 Å². The van der Waals surface area contributed by atoms with Crippen molar-refractivity contribution >= 4 is 46.4 Å². The molecule has 0 aliphatic carbocycles. The minimum absolute atomic E-state index is 0.00807. The zero-order chi connectivity index (χ0) is 22.1. The van der Waals surface area contributed by atoms with Crippen molar-refractivity contribution in [3.05, 3.63) is 69.0 Å². The van der Waals surface area contributed by atoms with Gasteiger partial charge in [-0.2, -0.15) is 5.10 Å². The van der Waals surface area contributed by atoms with E-state index < -0.39 is 11.4 Å². The summed E-state index contributed by atoms with van der Waals surface area (Å²) in [5.41, 5.74) is 1.50. The highest BCUT2D eigenvalue weighted by molar-refractivity contribution is 6.32. The number of amides is 2. The average Bonchev–Trinajstić information content (AvgIpc) is 3.35. The van der Waals surface area contributed by atoms with Gasteiger partial charge in [-0.1, -0.05) is 43.1 Å². The number of methoxy groups -OCH3 is 1. The van der Waals surface area contributed by atoms with Crippen LogP contribution in [0.3, 0.4) is 0 Å². The summed E-state index contributed by atoms with van der Waals surface area (Å²) in [6.07, 6.45) is 0. The lowest BCUT2D eigenvalue weighted by Gasteiger charge is -2.35. The molecule has 2 aromatic carbocycles. The maximum Gasteiger partial charge on any atom is 0.280 e. The second kappa shape index (κ2) is 6.73. The molecule has 2 amide bonds. The highest BCUT2D eigenvalue weighted by Crippen LogP contribution is 2.55. The first-order valence-electron chi connectivity index (χ1n) is 9.69. The Bertz CT molecular complexity index is 1270. The fourth-order valence-corrected chi connectivity index (χ4v) is 4.87. The Balaban J connectivity index is 1.91. The number of nitrogens with one attached hydrogen (secondary N) is 2. The molecule has 7 nitrogen and oxygen atoms in total. The molecule has 1 atom stereocenters. The van der Waals surface area contributed by atoms with Crippen LogP contribution in [0.2, 0.25) is 10.0 Å². The first-order chi connectivity index (χ1) is 14.8. The van der Waals surface area contributed by atoms with Crippen LogP contribution in [0.1, 0.15) is 47.1 Å².